The van der Waals surface area contributed by atoms with Crippen LogP contribution in [0.1, 0.15) is 87.1 Å². The Kier molecular flexibility index (Phi) is 11.2. The molecule has 0 aliphatic heterocycles. The number of carboxylic acids is 1. The minimum Gasteiger partial charge on any atom is -0.478 e. The van der Waals surface area contributed by atoms with Gasteiger partial charge in [-0.3, -0.25) is 0 Å². The van der Waals surface area contributed by atoms with E-state index >= 15 is 0 Å². The highest BCUT2D eigenvalue weighted by atomic mass is 16.5. The second-order valence-electron chi connectivity index (χ2n) is 6.20. The van der Waals surface area contributed by atoms with E-state index in [-0.39, 0.29) is 0 Å². The van der Waals surface area contributed by atoms with Gasteiger partial charge in [-0.25, -0.2) is 4.79 Å². The first-order valence-corrected chi connectivity index (χ1v) is 9.14. The van der Waals surface area contributed by atoms with Gasteiger partial charge in [0.2, 0.25) is 0 Å². The predicted molar refractivity (Wildman–Crippen MR) is 94.9 cm³/mol. The molecule has 0 saturated carbocycles. The summed E-state index contributed by atoms with van der Waals surface area (Å²) < 4.78 is 5.62. The quantitative estimate of drug-likeness (QED) is 0.439. The lowest BCUT2D eigenvalue weighted by atomic mass is 10.1. The van der Waals surface area contributed by atoms with Crippen molar-refractivity contribution in [2.24, 2.45) is 0 Å². The minimum atomic E-state index is -0.886. The van der Waals surface area contributed by atoms with Gasteiger partial charge in [-0.05, 0) is 18.1 Å². The summed E-state index contributed by atoms with van der Waals surface area (Å²) in [6.07, 6.45) is 13.1. The fourth-order valence-corrected chi connectivity index (χ4v) is 2.73. The smallest absolute Gasteiger partial charge is 0.336 e. The SMILES string of the molecule is CCCCCCCCCCCCOCc1ccccc1C(=O)O. The van der Waals surface area contributed by atoms with Gasteiger partial charge in [0.25, 0.3) is 0 Å². The maximum Gasteiger partial charge on any atom is 0.336 e. The van der Waals surface area contributed by atoms with Gasteiger partial charge in [0.05, 0.1) is 12.2 Å². The van der Waals surface area contributed by atoms with Gasteiger partial charge in [0.15, 0.2) is 0 Å². The molecule has 0 unspecified atom stereocenters. The Morgan fingerprint density at radius 2 is 1.48 bits per heavy atom. The lowest BCUT2D eigenvalue weighted by Crippen LogP contribution is -2.04. The number of benzene rings is 1. The molecule has 3 heteroatoms. The topological polar surface area (TPSA) is 46.5 Å². The van der Waals surface area contributed by atoms with Crippen molar-refractivity contribution >= 4 is 5.97 Å². The molecule has 1 rings (SSSR count). The van der Waals surface area contributed by atoms with Crippen LogP contribution in [-0.2, 0) is 11.3 Å². The van der Waals surface area contributed by atoms with Crippen LogP contribution in [0.5, 0.6) is 0 Å². The van der Waals surface area contributed by atoms with Gasteiger partial charge in [0.1, 0.15) is 0 Å². The summed E-state index contributed by atoms with van der Waals surface area (Å²) >= 11 is 0. The van der Waals surface area contributed by atoms with E-state index < -0.39 is 5.97 Å². The Bertz CT molecular complexity index is 429. The number of hydrogen-bond acceptors (Lipinski definition) is 2. The standard InChI is InChI=1S/C20H32O3/c1-2-3-4-5-6-7-8-9-10-13-16-23-17-18-14-11-12-15-19(18)20(21)22/h11-12,14-15H,2-10,13,16-17H2,1H3,(H,21,22). The summed E-state index contributed by atoms with van der Waals surface area (Å²) in [5.74, 6) is -0.886. The molecule has 130 valence electrons. The molecule has 0 aliphatic rings. The zero-order valence-electron chi connectivity index (χ0n) is 14.6. The average Bonchev–Trinajstić information content (AvgIpc) is 2.56. The Labute approximate surface area is 141 Å². The first-order valence-electron chi connectivity index (χ1n) is 9.14. The molecule has 0 heterocycles. The van der Waals surface area contributed by atoms with Crippen LogP contribution in [0.2, 0.25) is 0 Å². The Balaban J connectivity index is 1.97. The van der Waals surface area contributed by atoms with Crippen molar-refractivity contribution in [1.82, 2.24) is 0 Å². The molecule has 3 nitrogen and oxygen atoms in total. The second-order valence-corrected chi connectivity index (χ2v) is 6.20. The molecule has 23 heavy (non-hydrogen) atoms. The highest BCUT2D eigenvalue weighted by Crippen LogP contribution is 2.12. The molecule has 0 saturated heterocycles. The fraction of sp³-hybridized carbons (Fsp3) is 0.650. The molecule has 0 bridgehead atoms. The van der Waals surface area contributed by atoms with Crippen LogP contribution in [0.3, 0.4) is 0 Å². The number of unbranched alkanes of at least 4 members (excludes halogenated alkanes) is 9. The summed E-state index contributed by atoms with van der Waals surface area (Å²) in [5, 5.41) is 9.10. The predicted octanol–water partition coefficient (Wildman–Crippen LogP) is 5.82. The molecule has 0 radical (unpaired) electrons. The van der Waals surface area contributed by atoms with Crippen LogP contribution in [0, 0.1) is 0 Å². The van der Waals surface area contributed by atoms with Crippen LogP contribution in [0.15, 0.2) is 24.3 Å². The van der Waals surface area contributed by atoms with Crippen LogP contribution >= 0.6 is 0 Å². The van der Waals surface area contributed by atoms with Gasteiger partial charge in [-0.15, -0.1) is 0 Å². The maximum absolute atomic E-state index is 11.1. The van der Waals surface area contributed by atoms with E-state index in [4.69, 9.17) is 9.84 Å². The van der Waals surface area contributed by atoms with Crippen molar-refractivity contribution in [1.29, 1.82) is 0 Å². The van der Waals surface area contributed by atoms with Gasteiger partial charge in [-0.2, -0.15) is 0 Å². The summed E-state index contributed by atoms with van der Waals surface area (Å²) in [7, 11) is 0. The molecule has 0 amide bonds. The lowest BCUT2D eigenvalue weighted by molar-refractivity contribution is 0.0686. The molecular weight excluding hydrogens is 288 g/mol. The fourth-order valence-electron chi connectivity index (χ4n) is 2.73. The summed E-state index contributed by atoms with van der Waals surface area (Å²) in [5.41, 5.74) is 1.10. The molecular formula is C20H32O3. The molecule has 1 aromatic carbocycles. The normalized spacial score (nSPS) is 10.8. The van der Waals surface area contributed by atoms with Crippen molar-refractivity contribution in [2.75, 3.05) is 6.61 Å². The van der Waals surface area contributed by atoms with Crippen LogP contribution in [0.25, 0.3) is 0 Å². The van der Waals surface area contributed by atoms with Crippen molar-refractivity contribution < 1.29 is 14.6 Å². The first kappa shape index (κ1) is 19.7. The van der Waals surface area contributed by atoms with E-state index in [1.165, 1.54) is 57.8 Å². The molecule has 0 spiro atoms. The van der Waals surface area contributed by atoms with E-state index in [1.54, 1.807) is 12.1 Å². The van der Waals surface area contributed by atoms with E-state index in [9.17, 15) is 4.79 Å². The summed E-state index contributed by atoms with van der Waals surface area (Å²) in [4.78, 5) is 11.1. The highest BCUT2D eigenvalue weighted by Gasteiger charge is 2.08. The van der Waals surface area contributed by atoms with E-state index in [0.29, 0.717) is 18.8 Å². The van der Waals surface area contributed by atoms with Crippen LogP contribution in [-0.4, -0.2) is 17.7 Å². The van der Waals surface area contributed by atoms with Gasteiger partial charge in [-0.1, -0.05) is 82.9 Å². The monoisotopic (exact) mass is 320 g/mol. The maximum atomic E-state index is 11.1. The van der Waals surface area contributed by atoms with Gasteiger partial charge in [0, 0.05) is 6.61 Å². The number of carboxylic acid groups (broad SMARTS) is 1. The molecule has 0 aromatic heterocycles. The van der Waals surface area contributed by atoms with Crippen molar-refractivity contribution in [3.8, 4) is 0 Å². The number of carbonyl (C=O) groups is 1. The largest absolute Gasteiger partial charge is 0.478 e. The molecule has 1 N–H and O–H groups in total. The van der Waals surface area contributed by atoms with Crippen molar-refractivity contribution in [3.63, 3.8) is 0 Å². The number of ether oxygens (including phenoxy) is 1. The van der Waals surface area contributed by atoms with Gasteiger partial charge < -0.3 is 9.84 Å². The first-order chi connectivity index (χ1) is 11.3. The Morgan fingerprint density at radius 3 is 2.09 bits per heavy atom. The Hall–Kier alpha value is -1.35. The number of rotatable bonds is 14. The Morgan fingerprint density at radius 1 is 0.913 bits per heavy atom. The van der Waals surface area contributed by atoms with E-state index in [0.717, 1.165) is 12.0 Å². The van der Waals surface area contributed by atoms with E-state index in [1.807, 2.05) is 12.1 Å². The summed E-state index contributed by atoms with van der Waals surface area (Å²) in [6.45, 7) is 3.35. The average molecular weight is 320 g/mol. The van der Waals surface area contributed by atoms with Gasteiger partial charge >= 0.3 is 5.97 Å². The van der Waals surface area contributed by atoms with Crippen molar-refractivity contribution in [2.45, 2.75) is 77.7 Å². The molecule has 0 atom stereocenters. The number of hydrogen-bond donors (Lipinski definition) is 1. The number of aromatic carboxylic acids is 1. The zero-order valence-corrected chi connectivity index (χ0v) is 14.6. The highest BCUT2D eigenvalue weighted by molar-refractivity contribution is 5.89. The summed E-state index contributed by atoms with van der Waals surface area (Å²) in [6, 6.07) is 7.05. The van der Waals surface area contributed by atoms with Crippen LogP contribution < -0.4 is 0 Å². The minimum absolute atomic E-state index is 0.343. The molecule has 0 fully saturated rings. The zero-order chi connectivity index (χ0) is 16.8. The third-order valence-corrected chi connectivity index (χ3v) is 4.15. The van der Waals surface area contributed by atoms with E-state index in [2.05, 4.69) is 6.92 Å². The lowest BCUT2D eigenvalue weighted by Gasteiger charge is -2.07. The molecule has 0 aliphatic carbocycles. The second kappa shape index (κ2) is 13.1. The third kappa shape index (κ3) is 9.39. The van der Waals surface area contributed by atoms with Crippen molar-refractivity contribution in [3.05, 3.63) is 35.4 Å². The molecule has 1 aromatic rings. The third-order valence-electron chi connectivity index (χ3n) is 4.15. The van der Waals surface area contributed by atoms with Crippen LogP contribution in [0.4, 0.5) is 0 Å².